The molecule has 1 rings (SSSR count). The van der Waals surface area contributed by atoms with Gasteiger partial charge in [0, 0.05) is 9.61 Å². The van der Waals surface area contributed by atoms with Crippen molar-refractivity contribution in [1.82, 2.24) is 5.32 Å². The summed E-state index contributed by atoms with van der Waals surface area (Å²) < 4.78 is 1.32. The Bertz CT molecular complexity index is 318. The van der Waals surface area contributed by atoms with Gasteiger partial charge in [-0.25, -0.2) is 0 Å². The van der Waals surface area contributed by atoms with E-state index in [-0.39, 0.29) is 0 Å². The maximum absolute atomic E-state index is 3.69. The van der Waals surface area contributed by atoms with Crippen molar-refractivity contribution in [3.8, 4) is 0 Å². The highest BCUT2D eigenvalue weighted by Crippen LogP contribution is 2.13. The first-order valence-corrected chi connectivity index (χ1v) is 8.17. The van der Waals surface area contributed by atoms with E-state index in [1.165, 1.54) is 28.4 Å². The van der Waals surface area contributed by atoms with Gasteiger partial charge >= 0.3 is 0 Å². The predicted octanol–water partition coefficient (Wildman–Crippen LogP) is 4.64. The van der Waals surface area contributed by atoms with Crippen molar-refractivity contribution in [1.29, 1.82) is 0 Å². The summed E-state index contributed by atoms with van der Waals surface area (Å²) in [6, 6.07) is 9.56. The summed E-state index contributed by atoms with van der Waals surface area (Å²) in [6.07, 6.45) is 4.96. The summed E-state index contributed by atoms with van der Waals surface area (Å²) in [5.41, 5.74) is 1.45. The fourth-order valence-electron chi connectivity index (χ4n) is 2.06. The molecule has 1 atom stereocenters. The van der Waals surface area contributed by atoms with Crippen molar-refractivity contribution in [3.05, 3.63) is 33.4 Å². The molecule has 0 aliphatic rings. The molecule has 0 amide bonds. The molecular formula is C16H26IN. The quantitative estimate of drug-likeness (QED) is 0.667. The maximum atomic E-state index is 3.69. The zero-order chi connectivity index (χ0) is 13.4. The average molecular weight is 359 g/mol. The third kappa shape index (κ3) is 6.74. The second-order valence-electron chi connectivity index (χ2n) is 5.45. The van der Waals surface area contributed by atoms with Gasteiger partial charge in [-0.15, -0.1) is 0 Å². The lowest BCUT2D eigenvalue weighted by molar-refractivity contribution is 0.427. The highest BCUT2D eigenvalue weighted by molar-refractivity contribution is 14.1. The van der Waals surface area contributed by atoms with Gasteiger partial charge in [0.15, 0.2) is 0 Å². The zero-order valence-electron chi connectivity index (χ0n) is 11.9. The molecule has 0 aliphatic carbocycles. The fourth-order valence-corrected chi connectivity index (χ4v) is 2.42. The van der Waals surface area contributed by atoms with Crippen molar-refractivity contribution < 1.29 is 0 Å². The van der Waals surface area contributed by atoms with Crippen LogP contribution in [0.2, 0.25) is 0 Å². The van der Waals surface area contributed by atoms with Crippen molar-refractivity contribution in [2.24, 2.45) is 5.92 Å². The molecule has 102 valence electrons. The standard InChI is InChI=1S/C16H26IN/c1-4-11-18-16(10-5-13(2)3)12-14-6-8-15(17)9-7-14/h6-9,13,16,18H,4-5,10-12H2,1-3H3. The van der Waals surface area contributed by atoms with Crippen molar-refractivity contribution in [2.45, 2.75) is 52.5 Å². The number of nitrogens with one attached hydrogen (secondary N) is 1. The highest BCUT2D eigenvalue weighted by Gasteiger charge is 2.09. The molecule has 1 aromatic carbocycles. The monoisotopic (exact) mass is 359 g/mol. The average Bonchev–Trinajstić information content (AvgIpc) is 2.35. The molecule has 0 saturated carbocycles. The van der Waals surface area contributed by atoms with Crippen LogP contribution in [-0.4, -0.2) is 12.6 Å². The highest BCUT2D eigenvalue weighted by atomic mass is 127. The van der Waals surface area contributed by atoms with Crippen molar-refractivity contribution >= 4 is 22.6 Å². The molecule has 0 aliphatic heterocycles. The van der Waals surface area contributed by atoms with Gasteiger partial charge in [-0.2, -0.15) is 0 Å². The molecule has 0 saturated heterocycles. The summed E-state index contributed by atoms with van der Waals surface area (Å²) in [4.78, 5) is 0. The Hall–Kier alpha value is -0.0900. The Balaban J connectivity index is 2.50. The van der Waals surface area contributed by atoms with Crippen LogP contribution in [0.5, 0.6) is 0 Å². The molecule has 1 N–H and O–H groups in total. The molecule has 1 aromatic rings. The van der Waals surface area contributed by atoms with Gasteiger partial charge < -0.3 is 5.32 Å². The van der Waals surface area contributed by atoms with E-state index in [1.807, 2.05) is 0 Å². The van der Waals surface area contributed by atoms with Crippen LogP contribution in [-0.2, 0) is 6.42 Å². The second kappa shape index (κ2) is 8.92. The van der Waals surface area contributed by atoms with E-state index in [0.29, 0.717) is 6.04 Å². The minimum atomic E-state index is 0.632. The van der Waals surface area contributed by atoms with E-state index in [0.717, 1.165) is 18.9 Å². The van der Waals surface area contributed by atoms with Crippen LogP contribution in [0.25, 0.3) is 0 Å². The Kier molecular flexibility index (Phi) is 7.91. The lowest BCUT2D eigenvalue weighted by Gasteiger charge is -2.19. The van der Waals surface area contributed by atoms with E-state index in [4.69, 9.17) is 0 Å². The minimum absolute atomic E-state index is 0.632. The smallest absolute Gasteiger partial charge is 0.0130 e. The lowest BCUT2D eigenvalue weighted by Crippen LogP contribution is -2.32. The van der Waals surface area contributed by atoms with Crippen LogP contribution in [0.3, 0.4) is 0 Å². The van der Waals surface area contributed by atoms with Crippen molar-refractivity contribution in [2.75, 3.05) is 6.54 Å². The molecule has 1 nitrogen and oxygen atoms in total. The van der Waals surface area contributed by atoms with Gasteiger partial charge in [-0.3, -0.25) is 0 Å². The van der Waals surface area contributed by atoms with Crippen molar-refractivity contribution in [3.63, 3.8) is 0 Å². The Morgan fingerprint density at radius 2 is 1.78 bits per heavy atom. The topological polar surface area (TPSA) is 12.0 Å². The summed E-state index contributed by atoms with van der Waals surface area (Å²) in [7, 11) is 0. The number of halogens is 1. The molecular weight excluding hydrogens is 333 g/mol. The van der Waals surface area contributed by atoms with Crippen LogP contribution in [0.1, 0.15) is 45.6 Å². The van der Waals surface area contributed by atoms with E-state index in [1.54, 1.807) is 0 Å². The van der Waals surface area contributed by atoms with E-state index >= 15 is 0 Å². The lowest BCUT2D eigenvalue weighted by atomic mass is 9.98. The Labute approximate surface area is 126 Å². The van der Waals surface area contributed by atoms with Crippen LogP contribution in [0.4, 0.5) is 0 Å². The normalized spacial score (nSPS) is 12.9. The molecule has 18 heavy (non-hydrogen) atoms. The third-order valence-corrected chi connectivity index (χ3v) is 3.89. The van der Waals surface area contributed by atoms with Gasteiger partial charge in [0.05, 0.1) is 0 Å². The van der Waals surface area contributed by atoms with Gasteiger partial charge in [-0.05, 0) is 78.4 Å². The minimum Gasteiger partial charge on any atom is -0.314 e. The van der Waals surface area contributed by atoms with Gasteiger partial charge in [-0.1, -0.05) is 32.9 Å². The SMILES string of the molecule is CCCNC(CCC(C)C)Cc1ccc(I)cc1. The molecule has 2 heteroatoms. The number of hydrogen-bond donors (Lipinski definition) is 1. The maximum Gasteiger partial charge on any atom is 0.0130 e. The summed E-state index contributed by atoms with van der Waals surface area (Å²) in [6.45, 7) is 7.98. The molecule has 0 radical (unpaired) electrons. The van der Waals surface area contributed by atoms with E-state index in [9.17, 15) is 0 Å². The summed E-state index contributed by atoms with van der Waals surface area (Å²) >= 11 is 2.36. The largest absolute Gasteiger partial charge is 0.314 e. The molecule has 0 heterocycles. The first kappa shape index (κ1) is 16.0. The first-order chi connectivity index (χ1) is 8.61. The number of hydrogen-bond acceptors (Lipinski definition) is 1. The Morgan fingerprint density at radius 3 is 2.33 bits per heavy atom. The zero-order valence-corrected chi connectivity index (χ0v) is 14.0. The van der Waals surface area contributed by atoms with Gasteiger partial charge in [0.2, 0.25) is 0 Å². The first-order valence-electron chi connectivity index (χ1n) is 7.09. The molecule has 1 unspecified atom stereocenters. The van der Waals surface area contributed by atoms with E-state index < -0.39 is 0 Å². The Morgan fingerprint density at radius 1 is 1.11 bits per heavy atom. The molecule has 0 spiro atoms. The van der Waals surface area contributed by atoms with Crippen LogP contribution < -0.4 is 5.32 Å². The molecule has 0 aromatic heterocycles. The summed E-state index contributed by atoms with van der Waals surface area (Å²) in [5.74, 6) is 0.799. The molecule has 0 bridgehead atoms. The van der Waals surface area contributed by atoms with Crippen LogP contribution in [0, 0.1) is 9.49 Å². The predicted molar refractivity (Wildman–Crippen MR) is 89.0 cm³/mol. The number of benzene rings is 1. The third-order valence-electron chi connectivity index (χ3n) is 3.17. The fraction of sp³-hybridized carbons (Fsp3) is 0.625. The molecule has 0 fully saturated rings. The van der Waals surface area contributed by atoms with E-state index in [2.05, 4.69) is 72.9 Å². The second-order valence-corrected chi connectivity index (χ2v) is 6.70. The number of rotatable bonds is 8. The summed E-state index contributed by atoms with van der Waals surface area (Å²) in [5, 5.41) is 3.69. The van der Waals surface area contributed by atoms with Crippen LogP contribution in [0.15, 0.2) is 24.3 Å². The van der Waals surface area contributed by atoms with Gasteiger partial charge in [0.1, 0.15) is 0 Å². The van der Waals surface area contributed by atoms with Crippen LogP contribution >= 0.6 is 22.6 Å². The van der Waals surface area contributed by atoms with Gasteiger partial charge in [0.25, 0.3) is 0 Å².